The first kappa shape index (κ1) is 24.7. The van der Waals surface area contributed by atoms with Crippen molar-refractivity contribution in [1.29, 1.82) is 0 Å². The molecule has 184 valence electrons. The number of carbonyl (C=O) groups is 2. The van der Waals surface area contributed by atoms with Crippen LogP contribution < -0.4 is 10.6 Å². The standard InChI is InChI=1S/C26H29N3O5S/c30-25(21-11-7-15-29(19-21)35(32,33)23-13-5-2-6-14-23)28-24(17-20-9-3-1-4-10-20)26(31)27-18-22-12-8-16-34-22/h1-6,8-10,12-14,16,21,24H,7,11,15,17-19H2,(H,27,31)(H,28,30). The van der Waals surface area contributed by atoms with Gasteiger partial charge in [-0.1, -0.05) is 48.5 Å². The van der Waals surface area contributed by atoms with Crippen LogP contribution in [0.3, 0.4) is 0 Å². The summed E-state index contributed by atoms with van der Waals surface area (Å²) in [5, 5.41) is 5.69. The Labute approximate surface area is 205 Å². The van der Waals surface area contributed by atoms with E-state index in [4.69, 9.17) is 4.42 Å². The second kappa shape index (κ2) is 11.3. The molecule has 1 aliphatic rings. The number of hydrogen-bond donors (Lipinski definition) is 2. The molecule has 4 rings (SSSR count). The molecule has 35 heavy (non-hydrogen) atoms. The fourth-order valence-corrected chi connectivity index (χ4v) is 5.72. The van der Waals surface area contributed by atoms with Crippen molar-refractivity contribution >= 4 is 21.8 Å². The van der Waals surface area contributed by atoms with Crippen molar-refractivity contribution in [2.75, 3.05) is 13.1 Å². The molecule has 9 heteroatoms. The van der Waals surface area contributed by atoms with Gasteiger partial charge in [0.1, 0.15) is 11.8 Å². The van der Waals surface area contributed by atoms with Gasteiger partial charge in [0.25, 0.3) is 0 Å². The predicted molar refractivity (Wildman–Crippen MR) is 131 cm³/mol. The summed E-state index contributed by atoms with van der Waals surface area (Å²) in [4.78, 5) is 26.4. The lowest BCUT2D eigenvalue weighted by molar-refractivity contribution is -0.132. The quantitative estimate of drug-likeness (QED) is 0.475. The summed E-state index contributed by atoms with van der Waals surface area (Å²) < 4.78 is 32.7. The molecule has 1 fully saturated rings. The molecule has 2 amide bonds. The van der Waals surface area contributed by atoms with Gasteiger partial charge in [-0.15, -0.1) is 0 Å². The van der Waals surface area contributed by atoms with Gasteiger partial charge in [-0.25, -0.2) is 8.42 Å². The third-order valence-electron chi connectivity index (χ3n) is 6.07. The van der Waals surface area contributed by atoms with Gasteiger partial charge in [0, 0.05) is 19.5 Å². The van der Waals surface area contributed by atoms with Crippen LogP contribution in [0.5, 0.6) is 0 Å². The van der Waals surface area contributed by atoms with Crippen LogP contribution in [-0.4, -0.2) is 43.7 Å². The maximum absolute atomic E-state index is 13.2. The summed E-state index contributed by atoms with van der Waals surface area (Å²) in [6.45, 7) is 0.646. The molecule has 1 saturated heterocycles. The van der Waals surface area contributed by atoms with Gasteiger partial charge in [0.05, 0.1) is 23.6 Å². The van der Waals surface area contributed by atoms with Crippen molar-refractivity contribution in [3.05, 3.63) is 90.4 Å². The second-order valence-electron chi connectivity index (χ2n) is 8.56. The predicted octanol–water partition coefficient (Wildman–Crippen LogP) is 2.72. The minimum atomic E-state index is -3.69. The van der Waals surface area contributed by atoms with Crippen LogP contribution in [-0.2, 0) is 32.6 Å². The number of nitrogens with one attached hydrogen (secondary N) is 2. The first-order chi connectivity index (χ1) is 16.9. The van der Waals surface area contributed by atoms with E-state index in [1.165, 1.54) is 10.6 Å². The number of sulfonamides is 1. The van der Waals surface area contributed by atoms with Gasteiger partial charge >= 0.3 is 0 Å². The minimum Gasteiger partial charge on any atom is -0.467 e. The van der Waals surface area contributed by atoms with Crippen LogP contribution >= 0.6 is 0 Å². The zero-order chi connectivity index (χ0) is 24.7. The average Bonchev–Trinajstić information content (AvgIpc) is 3.42. The topological polar surface area (TPSA) is 109 Å². The van der Waals surface area contributed by atoms with E-state index in [-0.39, 0.29) is 29.8 Å². The van der Waals surface area contributed by atoms with Crippen LogP contribution in [0.4, 0.5) is 0 Å². The fourth-order valence-electron chi connectivity index (χ4n) is 4.18. The molecular weight excluding hydrogens is 466 g/mol. The summed E-state index contributed by atoms with van der Waals surface area (Å²) in [7, 11) is -3.69. The summed E-state index contributed by atoms with van der Waals surface area (Å²) in [5.41, 5.74) is 0.905. The molecule has 2 unspecified atom stereocenters. The lowest BCUT2D eigenvalue weighted by atomic mass is 9.97. The van der Waals surface area contributed by atoms with E-state index < -0.39 is 22.0 Å². The highest BCUT2D eigenvalue weighted by atomic mass is 32.2. The molecule has 0 saturated carbocycles. The van der Waals surface area contributed by atoms with Crippen LogP contribution in [0.2, 0.25) is 0 Å². The largest absolute Gasteiger partial charge is 0.467 e. The van der Waals surface area contributed by atoms with E-state index in [9.17, 15) is 18.0 Å². The highest BCUT2D eigenvalue weighted by Gasteiger charge is 2.34. The Hall–Kier alpha value is -3.43. The first-order valence-electron chi connectivity index (χ1n) is 11.6. The molecule has 0 radical (unpaired) electrons. The highest BCUT2D eigenvalue weighted by molar-refractivity contribution is 7.89. The van der Waals surface area contributed by atoms with E-state index in [0.717, 1.165) is 5.56 Å². The Morgan fingerprint density at radius 1 is 1.00 bits per heavy atom. The fraction of sp³-hybridized carbons (Fsp3) is 0.308. The molecule has 2 atom stereocenters. The average molecular weight is 496 g/mol. The Morgan fingerprint density at radius 2 is 1.71 bits per heavy atom. The van der Waals surface area contributed by atoms with Gasteiger partial charge in [-0.3, -0.25) is 9.59 Å². The molecule has 2 aromatic carbocycles. The molecule has 1 aromatic heterocycles. The van der Waals surface area contributed by atoms with Crippen molar-refractivity contribution in [2.45, 2.75) is 36.7 Å². The van der Waals surface area contributed by atoms with Crippen molar-refractivity contribution in [3.8, 4) is 0 Å². The number of piperidine rings is 1. The van der Waals surface area contributed by atoms with Crippen LogP contribution in [0.25, 0.3) is 0 Å². The number of amides is 2. The Morgan fingerprint density at radius 3 is 2.40 bits per heavy atom. The van der Waals surface area contributed by atoms with Gasteiger partial charge < -0.3 is 15.1 Å². The monoisotopic (exact) mass is 495 g/mol. The van der Waals surface area contributed by atoms with Crippen LogP contribution in [0.1, 0.15) is 24.2 Å². The lowest BCUT2D eigenvalue weighted by Gasteiger charge is -2.32. The summed E-state index contributed by atoms with van der Waals surface area (Å²) >= 11 is 0. The zero-order valence-electron chi connectivity index (χ0n) is 19.3. The van der Waals surface area contributed by atoms with Crippen molar-refractivity contribution < 1.29 is 22.4 Å². The normalized spacial score (nSPS) is 17.4. The number of furan rings is 1. The molecule has 2 N–H and O–H groups in total. The van der Waals surface area contributed by atoms with E-state index >= 15 is 0 Å². The third kappa shape index (κ3) is 6.37. The molecule has 8 nitrogen and oxygen atoms in total. The van der Waals surface area contributed by atoms with Gasteiger partial charge in [0.2, 0.25) is 21.8 Å². The molecular formula is C26H29N3O5S. The van der Waals surface area contributed by atoms with E-state index in [1.807, 2.05) is 30.3 Å². The van der Waals surface area contributed by atoms with Crippen LogP contribution in [0.15, 0.2) is 88.4 Å². The molecule has 0 bridgehead atoms. The number of carbonyl (C=O) groups excluding carboxylic acids is 2. The van der Waals surface area contributed by atoms with E-state index in [1.54, 1.807) is 42.5 Å². The number of rotatable bonds is 9. The molecule has 3 aromatic rings. The maximum Gasteiger partial charge on any atom is 0.243 e. The second-order valence-corrected chi connectivity index (χ2v) is 10.5. The maximum atomic E-state index is 13.2. The van der Waals surface area contributed by atoms with Crippen molar-refractivity contribution in [2.24, 2.45) is 5.92 Å². The Balaban J connectivity index is 1.44. The highest BCUT2D eigenvalue weighted by Crippen LogP contribution is 2.24. The number of nitrogens with zero attached hydrogens (tertiary/aromatic N) is 1. The van der Waals surface area contributed by atoms with Crippen molar-refractivity contribution in [3.63, 3.8) is 0 Å². The van der Waals surface area contributed by atoms with Gasteiger partial charge in [0.15, 0.2) is 0 Å². The Kier molecular flexibility index (Phi) is 7.99. The van der Waals surface area contributed by atoms with E-state index in [2.05, 4.69) is 10.6 Å². The number of benzene rings is 2. The number of hydrogen-bond acceptors (Lipinski definition) is 5. The minimum absolute atomic E-state index is 0.0785. The lowest BCUT2D eigenvalue weighted by Crippen LogP contribution is -2.52. The molecule has 0 aliphatic carbocycles. The van der Waals surface area contributed by atoms with Gasteiger partial charge in [-0.05, 0) is 42.7 Å². The third-order valence-corrected chi connectivity index (χ3v) is 7.95. The molecule has 1 aliphatic heterocycles. The van der Waals surface area contributed by atoms with Crippen LogP contribution in [0, 0.1) is 5.92 Å². The van der Waals surface area contributed by atoms with Crippen molar-refractivity contribution in [1.82, 2.24) is 14.9 Å². The smallest absolute Gasteiger partial charge is 0.243 e. The zero-order valence-corrected chi connectivity index (χ0v) is 20.1. The summed E-state index contributed by atoms with van der Waals surface area (Å²) in [6, 6.07) is 20.3. The SMILES string of the molecule is O=C(NC(Cc1ccccc1)C(=O)NCc1ccco1)C1CCCN(S(=O)(=O)c2ccccc2)C1. The first-order valence-corrected chi connectivity index (χ1v) is 13.1. The summed E-state index contributed by atoms with van der Waals surface area (Å²) in [5.74, 6) is -0.592. The Bertz CT molecular complexity index is 1210. The van der Waals surface area contributed by atoms with E-state index in [0.29, 0.717) is 31.6 Å². The summed E-state index contributed by atoms with van der Waals surface area (Å²) in [6.07, 6.45) is 2.97. The molecule has 2 heterocycles. The molecule has 0 spiro atoms. The van der Waals surface area contributed by atoms with Gasteiger partial charge in [-0.2, -0.15) is 4.31 Å².